The van der Waals surface area contributed by atoms with Crippen molar-refractivity contribution in [2.45, 2.75) is 13.8 Å². The van der Waals surface area contributed by atoms with Gasteiger partial charge in [-0.05, 0) is 49.3 Å². The monoisotopic (exact) mass is 356 g/mol. The average Bonchev–Trinajstić information content (AvgIpc) is 2.59. The first kappa shape index (κ1) is 20.8. The minimum Gasteiger partial charge on any atom is -0.423 e. The Balaban J connectivity index is 2.81. The van der Waals surface area contributed by atoms with Crippen molar-refractivity contribution in [3.63, 3.8) is 0 Å². The van der Waals surface area contributed by atoms with Gasteiger partial charge >= 0.3 is 11.9 Å². The van der Waals surface area contributed by atoms with Crippen molar-refractivity contribution in [3.8, 4) is 5.75 Å². The fraction of sp³-hybridized carbons (Fsp3) is 0.143. The molecule has 5 heteroatoms. The maximum Gasteiger partial charge on any atom is 0.338 e. The van der Waals surface area contributed by atoms with Gasteiger partial charge in [-0.25, -0.2) is 14.0 Å². The Labute approximate surface area is 152 Å². The van der Waals surface area contributed by atoms with Crippen LogP contribution in [0.15, 0.2) is 79.1 Å². The van der Waals surface area contributed by atoms with Crippen LogP contribution in [0.3, 0.4) is 0 Å². The normalized spacial score (nSPS) is 11.1. The van der Waals surface area contributed by atoms with E-state index >= 15 is 0 Å². The van der Waals surface area contributed by atoms with E-state index in [1.165, 1.54) is 13.0 Å². The highest BCUT2D eigenvalue weighted by Gasteiger charge is 2.07. The highest BCUT2D eigenvalue weighted by molar-refractivity contribution is 5.89. The maximum atomic E-state index is 12.6. The molecule has 0 aliphatic carbocycles. The van der Waals surface area contributed by atoms with Gasteiger partial charge in [-0.15, -0.1) is 0 Å². The first-order chi connectivity index (χ1) is 12.2. The molecule has 26 heavy (non-hydrogen) atoms. The lowest BCUT2D eigenvalue weighted by Gasteiger charge is -2.06. The van der Waals surface area contributed by atoms with Crippen molar-refractivity contribution in [3.05, 3.63) is 84.7 Å². The summed E-state index contributed by atoms with van der Waals surface area (Å²) in [6.45, 7) is 13.2. The molecule has 0 aliphatic rings. The standard InChI is InChI=1S/C21H21FO4/c1-14(2)20(23)25-18-10-7-17(8-11-18)16(5)6-9-19(12-13-22)26-21(24)15(3)4/h6-12H,1,3,5,13H2,2,4H3/b9-6-,19-12+. The average molecular weight is 356 g/mol. The Kier molecular flexibility index (Phi) is 7.96. The Morgan fingerprint density at radius 3 is 2.08 bits per heavy atom. The topological polar surface area (TPSA) is 52.6 Å². The summed E-state index contributed by atoms with van der Waals surface area (Å²) in [6, 6.07) is 6.67. The molecule has 0 spiro atoms. The van der Waals surface area contributed by atoms with E-state index < -0.39 is 18.6 Å². The first-order valence-electron chi connectivity index (χ1n) is 7.73. The fourth-order valence-corrected chi connectivity index (χ4v) is 1.62. The Hall–Kier alpha value is -3.21. The molecular formula is C21H21FO4. The number of alkyl halides is 1. The molecule has 0 amide bonds. The maximum absolute atomic E-state index is 12.6. The van der Waals surface area contributed by atoms with Crippen LogP contribution in [-0.4, -0.2) is 18.6 Å². The molecule has 0 heterocycles. The lowest BCUT2D eigenvalue weighted by molar-refractivity contribution is -0.134. The smallest absolute Gasteiger partial charge is 0.338 e. The van der Waals surface area contributed by atoms with Crippen LogP contribution in [0.5, 0.6) is 5.75 Å². The van der Waals surface area contributed by atoms with E-state index in [1.807, 2.05) is 0 Å². The minimum absolute atomic E-state index is 0.0636. The Bertz CT molecular complexity index is 783. The largest absolute Gasteiger partial charge is 0.423 e. The van der Waals surface area contributed by atoms with Crippen LogP contribution < -0.4 is 4.74 Å². The van der Waals surface area contributed by atoms with E-state index in [9.17, 15) is 14.0 Å². The summed E-state index contributed by atoms with van der Waals surface area (Å²) in [4.78, 5) is 23.0. The highest BCUT2D eigenvalue weighted by atomic mass is 19.1. The lowest BCUT2D eigenvalue weighted by atomic mass is 10.1. The van der Waals surface area contributed by atoms with Crippen LogP contribution in [0, 0.1) is 0 Å². The second-order valence-electron chi connectivity index (χ2n) is 5.48. The highest BCUT2D eigenvalue weighted by Crippen LogP contribution is 2.20. The molecule has 0 unspecified atom stereocenters. The van der Waals surface area contributed by atoms with Gasteiger partial charge < -0.3 is 9.47 Å². The van der Waals surface area contributed by atoms with Gasteiger partial charge in [0.1, 0.15) is 18.2 Å². The predicted octanol–water partition coefficient (Wildman–Crippen LogP) is 4.71. The van der Waals surface area contributed by atoms with Crippen LogP contribution >= 0.6 is 0 Å². The number of carbonyl (C=O) groups excluding carboxylic acids is 2. The summed E-state index contributed by atoms with van der Waals surface area (Å²) >= 11 is 0. The number of allylic oxidation sites excluding steroid dienone is 4. The van der Waals surface area contributed by atoms with Crippen molar-refractivity contribution in [2.24, 2.45) is 0 Å². The summed E-state index contributed by atoms with van der Waals surface area (Å²) in [7, 11) is 0. The van der Waals surface area contributed by atoms with Crippen molar-refractivity contribution >= 4 is 17.5 Å². The molecule has 0 N–H and O–H groups in total. The molecule has 1 aromatic rings. The zero-order chi connectivity index (χ0) is 19.7. The predicted molar refractivity (Wildman–Crippen MR) is 100 cm³/mol. The third-order valence-electron chi connectivity index (χ3n) is 3.07. The number of hydrogen-bond acceptors (Lipinski definition) is 4. The van der Waals surface area contributed by atoms with Crippen LogP contribution in [0.1, 0.15) is 19.4 Å². The molecular weight excluding hydrogens is 335 g/mol. The van der Waals surface area contributed by atoms with Crippen molar-refractivity contribution in [2.75, 3.05) is 6.67 Å². The molecule has 0 atom stereocenters. The molecule has 0 radical (unpaired) electrons. The van der Waals surface area contributed by atoms with Crippen molar-refractivity contribution < 1.29 is 23.5 Å². The number of rotatable bonds is 8. The zero-order valence-electron chi connectivity index (χ0n) is 14.9. The van der Waals surface area contributed by atoms with Gasteiger partial charge in [0.05, 0.1) is 0 Å². The summed E-state index contributed by atoms with van der Waals surface area (Å²) in [6.07, 6.45) is 4.16. The van der Waals surface area contributed by atoms with Gasteiger partial charge in [-0.3, -0.25) is 0 Å². The van der Waals surface area contributed by atoms with E-state index in [4.69, 9.17) is 9.47 Å². The van der Waals surface area contributed by atoms with E-state index in [2.05, 4.69) is 19.7 Å². The van der Waals surface area contributed by atoms with Gasteiger partial charge in [0.15, 0.2) is 0 Å². The van der Waals surface area contributed by atoms with Crippen LogP contribution in [0.2, 0.25) is 0 Å². The van der Waals surface area contributed by atoms with E-state index in [1.54, 1.807) is 37.3 Å². The molecule has 1 aromatic carbocycles. The van der Waals surface area contributed by atoms with Gasteiger partial charge in [-0.1, -0.05) is 37.9 Å². The first-order valence-corrected chi connectivity index (χ1v) is 7.73. The van der Waals surface area contributed by atoms with Gasteiger partial charge in [-0.2, -0.15) is 0 Å². The van der Waals surface area contributed by atoms with Gasteiger partial charge in [0, 0.05) is 11.1 Å². The molecule has 1 rings (SSSR count). The molecule has 4 nitrogen and oxygen atoms in total. The van der Waals surface area contributed by atoms with Gasteiger partial charge in [0.2, 0.25) is 0 Å². The summed E-state index contributed by atoms with van der Waals surface area (Å²) in [5.41, 5.74) is 1.86. The van der Waals surface area contributed by atoms with E-state index in [-0.39, 0.29) is 11.3 Å². The molecule has 0 saturated heterocycles. The van der Waals surface area contributed by atoms with Crippen molar-refractivity contribution in [1.82, 2.24) is 0 Å². The summed E-state index contributed by atoms with van der Waals surface area (Å²) < 4.78 is 22.7. The Morgan fingerprint density at radius 2 is 1.58 bits per heavy atom. The fourth-order valence-electron chi connectivity index (χ4n) is 1.62. The number of benzene rings is 1. The van der Waals surface area contributed by atoms with Crippen LogP contribution in [0.4, 0.5) is 4.39 Å². The quantitative estimate of drug-likeness (QED) is 0.223. The molecule has 0 aromatic heterocycles. The molecule has 0 saturated carbocycles. The summed E-state index contributed by atoms with van der Waals surface area (Å²) in [5, 5.41) is 0. The van der Waals surface area contributed by atoms with E-state index in [0.29, 0.717) is 16.9 Å². The molecule has 0 aliphatic heterocycles. The number of carbonyl (C=O) groups is 2. The third-order valence-corrected chi connectivity index (χ3v) is 3.07. The minimum atomic E-state index is -0.779. The Morgan fingerprint density at radius 1 is 1.00 bits per heavy atom. The third kappa shape index (κ3) is 6.73. The van der Waals surface area contributed by atoms with Crippen LogP contribution in [-0.2, 0) is 14.3 Å². The summed E-state index contributed by atoms with van der Waals surface area (Å²) in [5.74, 6) is -0.693. The number of hydrogen-bond donors (Lipinski definition) is 0. The van der Waals surface area contributed by atoms with Crippen LogP contribution in [0.25, 0.3) is 5.57 Å². The molecule has 0 bridgehead atoms. The lowest BCUT2D eigenvalue weighted by Crippen LogP contribution is -2.07. The van der Waals surface area contributed by atoms with Crippen molar-refractivity contribution in [1.29, 1.82) is 0 Å². The number of ether oxygens (including phenoxy) is 2. The number of halogens is 1. The molecule has 136 valence electrons. The SMILES string of the molecule is C=C(C)C(=O)OC(/C=C\C(=C)c1ccc(OC(=O)C(=C)C)cc1)=C/CF. The number of esters is 2. The zero-order valence-corrected chi connectivity index (χ0v) is 14.9. The molecule has 0 fully saturated rings. The second-order valence-corrected chi connectivity index (χ2v) is 5.48. The van der Waals surface area contributed by atoms with Gasteiger partial charge in [0.25, 0.3) is 0 Å². The second kappa shape index (κ2) is 9.93. The van der Waals surface area contributed by atoms with E-state index in [0.717, 1.165) is 11.6 Å².